The number of nitrogens with zero attached hydrogens (tertiary/aromatic N) is 3. The molecular weight excluding hydrogens is 200 g/mol. The summed E-state index contributed by atoms with van der Waals surface area (Å²) in [6.07, 6.45) is 3.39. The van der Waals surface area contributed by atoms with Crippen molar-refractivity contribution < 1.29 is 0 Å². The summed E-state index contributed by atoms with van der Waals surface area (Å²) >= 11 is 0. The SMILES string of the molecule is Cc1nn(C)cc1C(CN)N1CCC(C)C1. The minimum absolute atomic E-state index is 0.346. The van der Waals surface area contributed by atoms with Crippen molar-refractivity contribution in [2.45, 2.75) is 26.3 Å². The van der Waals surface area contributed by atoms with Gasteiger partial charge in [-0.2, -0.15) is 5.10 Å². The molecule has 0 aliphatic carbocycles. The van der Waals surface area contributed by atoms with Gasteiger partial charge in [0.15, 0.2) is 0 Å². The van der Waals surface area contributed by atoms with Crippen molar-refractivity contribution in [3.05, 3.63) is 17.5 Å². The zero-order valence-corrected chi connectivity index (χ0v) is 10.5. The van der Waals surface area contributed by atoms with Crippen LogP contribution >= 0.6 is 0 Å². The van der Waals surface area contributed by atoms with Gasteiger partial charge in [0, 0.05) is 31.9 Å². The molecule has 0 aromatic carbocycles. The number of nitrogens with two attached hydrogens (primary N) is 1. The van der Waals surface area contributed by atoms with E-state index in [0.29, 0.717) is 12.6 Å². The van der Waals surface area contributed by atoms with E-state index in [1.54, 1.807) is 0 Å². The van der Waals surface area contributed by atoms with Gasteiger partial charge in [0.25, 0.3) is 0 Å². The minimum Gasteiger partial charge on any atom is -0.329 e. The molecule has 0 bridgehead atoms. The Morgan fingerprint density at radius 1 is 1.62 bits per heavy atom. The van der Waals surface area contributed by atoms with E-state index in [1.807, 2.05) is 11.7 Å². The summed E-state index contributed by atoms with van der Waals surface area (Å²) < 4.78 is 1.88. The molecule has 2 atom stereocenters. The number of aryl methyl sites for hydroxylation is 2. The Labute approximate surface area is 97.4 Å². The second-order valence-electron chi connectivity index (χ2n) is 4.98. The first-order valence-corrected chi connectivity index (χ1v) is 6.06. The highest BCUT2D eigenvalue weighted by atomic mass is 15.3. The summed E-state index contributed by atoms with van der Waals surface area (Å²) in [6.45, 7) is 7.38. The lowest BCUT2D eigenvalue weighted by Gasteiger charge is -2.26. The molecular formula is C12H22N4. The van der Waals surface area contributed by atoms with E-state index in [9.17, 15) is 0 Å². The number of aromatic nitrogens is 2. The van der Waals surface area contributed by atoms with E-state index in [-0.39, 0.29) is 0 Å². The molecule has 0 radical (unpaired) electrons. The van der Waals surface area contributed by atoms with Gasteiger partial charge >= 0.3 is 0 Å². The van der Waals surface area contributed by atoms with E-state index in [0.717, 1.165) is 24.7 Å². The number of rotatable bonds is 3. The topological polar surface area (TPSA) is 47.1 Å². The quantitative estimate of drug-likeness (QED) is 0.832. The lowest BCUT2D eigenvalue weighted by Crippen LogP contribution is -2.32. The van der Waals surface area contributed by atoms with Crippen LogP contribution in [0.5, 0.6) is 0 Å². The summed E-state index contributed by atoms with van der Waals surface area (Å²) in [5.41, 5.74) is 8.33. The fourth-order valence-corrected chi connectivity index (χ4v) is 2.67. The van der Waals surface area contributed by atoms with Gasteiger partial charge in [-0.15, -0.1) is 0 Å². The highest BCUT2D eigenvalue weighted by Crippen LogP contribution is 2.28. The highest BCUT2D eigenvalue weighted by molar-refractivity contribution is 5.21. The molecule has 0 spiro atoms. The number of hydrogen-bond donors (Lipinski definition) is 1. The average molecular weight is 222 g/mol. The summed E-state index contributed by atoms with van der Waals surface area (Å²) in [4.78, 5) is 2.49. The Morgan fingerprint density at radius 3 is 2.81 bits per heavy atom. The fraction of sp³-hybridized carbons (Fsp3) is 0.750. The van der Waals surface area contributed by atoms with Crippen molar-refractivity contribution in [1.29, 1.82) is 0 Å². The van der Waals surface area contributed by atoms with E-state index in [2.05, 4.69) is 30.0 Å². The lowest BCUT2D eigenvalue weighted by atomic mass is 10.1. The Balaban J connectivity index is 2.19. The molecule has 1 saturated heterocycles. The van der Waals surface area contributed by atoms with Crippen LogP contribution in [0.1, 0.15) is 30.6 Å². The molecule has 1 aromatic rings. The van der Waals surface area contributed by atoms with Crippen molar-refractivity contribution in [1.82, 2.24) is 14.7 Å². The molecule has 0 saturated carbocycles. The first-order valence-electron chi connectivity index (χ1n) is 6.06. The molecule has 4 heteroatoms. The van der Waals surface area contributed by atoms with Gasteiger partial charge in [-0.25, -0.2) is 0 Å². The van der Waals surface area contributed by atoms with Gasteiger partial charge in [0.2, 0.25) is 0 Å². The van der Waals surface area contributed by atoms with E-state index in [4.69, 9.17) is 5.73 Å². The molecule has 1 fully saturated rings. The summed E-state index contributed by atoms with van der Waals surface area (Å²) in [6, 6.07) is 0.346. The zero-order valence-electron chi connectivity index (χ0n) is 10.5. The van der Waals surface area contributed by atoms with Crippen LogP contribution in [-0.2, 0) is 7.05 Å². The van der Waals surface area contributed by atoms with Crippen molar-refractivity contribution >= 4 is 0 Å². The molecule has 4 nitrogen and oxygen atoms in total. The summed E-state index contributed by atoms with van der Waals surface area (Å²) in [5, 5.41) is 4.40. The molecule has 1 aromatic heterocycles. The maximum atomic E-state index is 5.93. The van der Waals surface area contributed by atoms with E-state index >= 15 is 0 Å². The third-order valence-electron chi connectivity index (χ3n) is 3.53. The van der Waals surface area contributed by atoms with Crippen LogP contribution < -0.4 is 5.73 Å². The van der Waals surface area contributed by atoms with Crippen molar-refractivity contribution in [2.24, 2.45) is 18.7 Å². The monoisotopic (exact) mass is 222 g/mol. The molecule has 2 N–H and O–H groups in total. The van der Waals surface area contributed by atoms with Gasteiger partial charge in [0.1, 0.15) is 0 Å². The predicted octanol–water partition coefficient (Wildman–Crippen LogP) is 1.07. The van der Waals surface area contributed by atoms with Crippen LogP contribution in [0, 0.1) is 12.8 Å². The second kappa shape index (κ2) is 4.55. The van der Waals surface area contributed by atoms with Crippen LogP contribution in [0.25, 0.3) is 0 Å². The van der Waals surface area contributed by atoms with Crippen LogP contribution in [0.2, 0.25) is 0 Å². The standard InChI is InChI=1S/C12H22N4/c1-9-4-5-16(7-9)12(6-13)11-8-15(3)14-10(11)2/h8-9,12H,4-7,13H2,1-3H3. The third-order valence-corrected chi connectivity index (χ3v) is 3.53. The van der Waals surface area contributed by atoms with E-state index < -0.39 is 0 Å². The molecule has 1 aliphatic rings. The van der Waals surface area contributed by atoms with Crippen LogP contribution in [0.3, 0.4) is 0 Å². The van der Waals surface area contributed by atoms with E-state index in [1.165, 1.54) is 12.0 Å². The Bertz CT molecular complexity index is 358. The maximum absolute atomic E-state index is 5.93. The first kappa shape index (κ1) is 11.6. The van der Waals surface area contributed by atoms with Crippen molar-refractivity contribution in [2.75, 3.05) is 19.6 Å². The predicted molar refractivity (Wildman–Crippen MR) is 65.1 cm³/mol. The minimum atomic E-state index is 0.346. The zero-order chi connectivity index (χ0) is 11.7. The molecule has 2 rings (SSSR count). The van der Waals surface area contributed by atoms with Crippen LogP contribution in [0.4, 0.5) is 0 Å². The fourth-order valence-electron chi connectivity index (χ4n) is 2.67. The molecule has 16 heavy (non-hydrogen) atoms. The molecule has 1 aliphatic heterocycles. The largest absolute Gasteiger partial charge is 0.329 e. The summed E-state index contributed by atoms with van der Waals surface area (Å²) in [7, 11) is 1.97. The van der Waals surface area contributed by atoms with Gasteiger partial charge in [0.05, 0.1) is 11.7 Å². The Morgan fingerprint density at radius 2 is 2.38 bits per heavy atom. The molecule has 90 valence electrons. The molecule has 0 amide bonds. The van der Waals surface area contributed by atoms with Gasteiger partial charge in [-0.3, -0.25) is 9.58 Å². The molecule has 2 unspecified atom stereocenters. The smallest absolute Gasteiger partial charge is 0.0641 e. The average Bonchev–Trinajstić information content (AvgIpc) is 2.76. The highest BCUT2D eigenvalue weighted by Gasteiger charge is 2.27. The van der Waals surface area contributed by atoms with Gasteiger partial charge < -0.3 is 5.73 Å². The van der Waals surface area contributed by atoms with Gasteiger partial charge in [-0.05, 0) is 25.8 Å². The van der Waals surface area contributed by atoms with Gasteiger partial charge in [-0.1, -0.05) is 6.92 Å². The normalized spacial score (nSPS) is 23.9. The van der Waals surface area contributed by atoms with Crippen LogP contribution in [0.15, 0.2) is 6.20 Å². The first-order chi connectivity index (χ1) is 7.61. The van der Waals surface area contributed by atoms with Crippen LogP contribution in [-0.4, -0.2) is 34.3 Å². The number of hydrogen-bond acceptors (Lipinski definition) is 3. The Hall–Kier alpha value is -0.870. The maximum Gasteiger partial charge on any atom is 0.0641 e. The van der Waals surface area contributed by atoms with Crippen molar-refractivity contribution in [3.63, 3.8) is 0 Å². The Kier molecular flexibility index (Phi) is 3.30. The second-order valence-corrected chi connectivity index (χ2v) is 4.98. The number of likely N-dealkylation sites (tertiary alicyclic amines) is 1. The summed E-state index contributed by atoms with van der Waals surface area (Å²) in [5.74, 6) is 0.797. The molecule has 2 heterocycles. The van der Waals surface area contributed by atoms with Crippen molar-refractivity contribution in [3.8, 4) is 0 Å². The lowest BCUT2D eigenvalue weighted by molar-refractivity contribution is 0.243. The third kappa shape index (κ3) is 2.13.